The molecule has 2 aliphatic rings. The fourth-order valence-electron chi connectivity index (χ4n) is 2.74. The summed E-state index contributed by atoms with van der Waals surface area (Å²) in [5.41, 5.74) is -0.0971. The second kappa shape index (κ2) is 5.66. The van der Waals surface area contributed by atoms with Gasteiger partial charge in [-0.25, -0.2) is 9.97 Å². The van der Waals surface area contributed by atoms with Crippen LogP contribution in [0.5, 0.6) is 0 Å². The SMILES string of the molecule is CC1(C)OB(c2cnc(N3CCCCC3)nc2Cl)OC1(C)C. The second-order valence-corrected chi connectivity index (χ2v) is 7.41. The number of piperidine rings is 1. The van der Waals surface area contributed by atoms with Gasteiger partial charge in [0.15, 0.2) is 0 Å². The van der Waals surface area contributed by atoms with Crippen LogP contribution < -0.4 is 10.4 Å². The number of halogens is 1. The van der Waals surface area contributed by atoms with E-state index in [4.69, 9.17) is 20.9 Å². The summed E-state index contributed by atoms with van der Waals surface area (Å²) in [5, 5.41) is 0.411. The lowest BCUT2D eigenvalue weighted by Crippen LogP contribution is -2.41. The van der Waals surface area contributed by atoms with E-state index in [2.05, 4.69) is 14.9 Å². The van der Waals surface area contributed by atoms with Crippen LogP contribution in [0.2, 0.25) is 5.15 Å². The van der Waals surface area contributed by atoms with Gasteiger partial charge in [0.05, 0.1) is 11.2 Å². The molecule has 3 rings (SSSR count). The molecule has 120 valence electrons. The summed E-state index contributed by atoms with van der Waals surface area (Å²) in [6.45, 7) is 10.1. The zero-order chi connectivity index (χ0) is 16.0. The molecule has 2 saturated heterocycles. The van der Waals surface area contributed by atoms with Crippen LogP contribution in [0.15, 0.2) is 6.20 Å². The molecule has 0 spiro atoms. The van der Waals surface area contributed by atoms with Crippen molar-refractivity contribution in [3.63, 3.8) is 0 Å². The third-order valence-corrected chi connectivity index (χ3v) is 5.20. The van der Waals surface area contributed by atoms with Crippen molar-refractivity contribution >= 4 is 30.1 Å². The van der Waals surface area contributed by atoms with E-state index in [9.17, 15) is 0 Å². The summed E-state index contributed by atoms with van der Waals surface area (Å²) >= 11 is 6.38. The normalized spacial score (nSPS) is 23.9. The Morgan fingerprint density at radius 3 is 2.23 bits per heavy atom. The van der Waals surface area contributed by atoms with Gasteiger partial charge >= 0.3 is 7.12 Å². The minimum atomic E-state index is -0.520. The lowest BCUT2D eigenvalue weighted by Gasteiger charge is -2.32. The Hall–Kier alpha value is -0.845. The van der Waals surface area contributed by atoms with Crippen LogP contribution in [-0.2, 0) is 9.31 Å². The molecule has 2 fully saturated rings. The van der Waals surface area contributed by atoms with Crippen molar-refractivity contribution in [2.45, 2.75) is 58.2 Å². The van der Waals surface area contributed by atoms with Gasteiger partial charge in [0.1, 0.15) is 5.15 Å². The van der Waals surface area contributed by atoms with Crippen molar-refractivity contribution in [2.75, 3.05) is 18.0 Å². The van der Waals surface area contributed by atoms with Crippen molar-refractivity contribution < 1.29 is 9.31 Å². The Kier molecular flexibility index (Phi) is 4.12. The fourth-order valence-corrected chi connectivity index (χ4v) is 2.95. The van der Waals surface area contributed by atoms with Crippen LogP contribution in [0.4, 0.5) is 5.95 Å². The first-order valence-electron chi connectivity index (χ1n) is 7.93. The van der Waals surface area contributed by atoms with Crippen LogP contribution in [0.1, 0.15) is 47.0 Å². The lowest BCUT2D eigenvalue weighted by atomic mass is 9.81. The molecule has 0 bridgehead atoms. The Bertz CT molecular complexity index is 546. The van der Waals surface area contributed by atoms with Gasteiger partial charge in [-0.05, 0) is 47.0 Å². The van der Waals surface area contributed by atoms with Gasteiger partial charge in [-0.3, -0.25) is 0 Å². The number of aromatic nitrogens is 2. The number of hydrogen-bond donors (Lipinski definition) is 0. The first-order chi connectivity index (χ1) is 10.3. The van der Waals surface area contributed by atoms with Gasteiger partial charge in [0.2, 0.25) is 5.95 Å². The van der Waals surface area contributed by atoms with E-state index in [1.807, 2.05) is 27.7 Å². The van der Waals surface area contributed by atoms with Crippen LogP contribution in [0.25, 0.3) is 0 Å². The average molecular weight is 324 g/mol. The highest BCUT2D eigenvalue weighted by atomic mass is 35.5. The smallest absolute Gasteiger partial charge is 0.399 e. The minimum absolute atomic E-state index is 0.396. The molecule has 0 aromatic carbocycles. The van der Waals surface area contributed by atoms with Crippen molar-refractivity contribution in [3.8, 4) is 0 Å². The van der Waals surface area contributed by atoms with E-state index in [-0.39, 0.29) is 0 Å². The van der Waals surface area contributed by atoms with E-state index >= 15 is 0 Å². The van der Waals surface area contributed by atoms with Gasteiger partial charge in [0.25, 0.3) is 0 Å². The van der Waals surface area contributed by atoms with Crippen LogP contribution >= 0.6 is 11.6 Å². The van der Waals surface area contributed by atoms with Gasteiger partial charge in [-0.15, -0.1) is 0 Å². The van der Waals surface area contributed by atoms with Crippen molar-refractivity contribution in [3.05, 3.63) is 11.3 Å². The van der Waals surface area contributed by atoms with Gasteiger partial charge in [-0.2, -0.15) is 0 Å². The van der Waals surface area contributed by atoms with Crippen molar-refractivity contribution in [2.24, 2.45) is 0 Å². The van der Waals surface area contributed by atoms with Crippen LogP contribution in [-0.4, -0.2) is 41.4 Å². The average Bonchev–Trinajstić information content (AvgIpc) is 2.68. The summed E-state index contributed by atoms with van der Waals surface area (Å²) in [7, 11) is -0.520. The molecule has 0 saturated carbocycles. The zero-order valence-electron chi connectivity index (χ0n) is 13.7. The Balaban J connectivity index is 1.81. The molecule has 3 heterocycles. The molecular formula is C15H23BClN3O2. The molecule has 5 nitrogen and oxygen atoms in total. The molecule has 0 radical (unpaired) electrons. The van der Waals surface area contributed by atoms with E-state index in [1.54, 1.807) is 6.20 Å². The molecule has 0 amide bonds. The number of anilines is 1. The Labute approximate surface area is 137 Å². The summed E-state index contributed by atoms with van der Waals surface area (Å²) < 4.78 is 12.0. The third-order valence-electron chi connectivity index (χ3n) is 4.90. The maximum Gasteiger partial charge on any atom is 0.499 e. The van der Waals surface area contributed by atoms with Crippen molar-refractivity contribution in [1.29, 1.82) is 0 Å². The highest BCUT2D eigenvalue weighted by Crippen LogP contribution is 2.36. The number of hydrogen-bond acceptors (Lipinski definition) is 5. The topological polar surface area (TPSA) is 47.5 Å². The van der Waals surface area contributed by atoms with Crippen molar-refractivity contribution in [1.82, 2.24) is 9.97 Å². The van der Waals surface area contributed by atoms with Gasteiger partial charge in [-0.1, -0.05) is 11.6 Å². The minimum Gasteiger partial charge on any atom is -0.399 e. The van der Waals surface area contributed by atoms with E-state index in [0.29, 0.717) is 16.6 Å². The highest BCUT2D eigenvalue weighted by molar-refractivity contribution is 6.65. The predicted molar refractivity (Wildman–Crippen MR) is 88.8 cm³/mol. The predicted octanol–water partition coefficient (Wildman–Crippen LogP) is 2.42. The standard InChI is InChI=1S/C15H23BClN3O2/c1-14(2)15(3,4)22-16(21-14)11-10-18-13(19-12(11)17)20-8-6-5-7-9-20/h10H,5-9H2,1-4H3. The quantitative estimate of drug-likeness (QED) is 0.618. The maximum absolute atomic E-state index is 6.38. The highest BCUT2D eigenvalue weighted by Gasteiger charge is 2.52. The second-order valence-electron chi connectivity index (χ2n) is 7.05. The Morgan fingerprint density at radius 2 is 1.68 bits per heavy atom. The van der Waals surface area contributed by atoms with E-state index < -0.39 is 18.3 Å². The molecule has 22 heavy (non-hydrogen) atoms. The molecule has 0 N–H and O–H groups in total. The molecule has 0 unspecified atom stereocenters. The Morgan fingerprint density at radius 1 is 1.09 bits per heavy atom. The van der Waals surface area contributed by atoms with E-state index in [0.717, 1.165) is 13.1 Å². The monoisotopic (exact) mass is 323 g/mol. The molecule has 2 aliphatic heterocycles. The molecule has 0 atom stereocenters. The zero-order valence-corrected chi connectivity index (χ0v) is 14.5. The molecule has 1 aromatic heterocycles. The van der Waals surface area contributed by atoms with Gasteiger partial charge in [0, 0.05) is 24.7 Å². The van der Waals surface area contributed by atoms with E-state index in [1.165, 1.54) is 19.3 Å². The van der Waals surface area contributed by atoms with Crippen LogP contribution in [0.3, 0.4) is 0 Å². The molecule has 1 aromatic rings. The summed E-state index contributed by atoms with van der Waals surface area (Å²) in [6, 6.07) is 0. The van der Waals surface area contributed by atoms with Gasteiger partial charge < -0.3 is 14.2 Å². The summed E-state index contributed by atoms with van der Waals surface area (Å²) in [5.74, 6) is 0.699. The lowest BCUT2D eigenvalue weighted by molar-refractivity contribution is 0.00578. The van der Waals surface area contributed by atoms with Crippen LogP contribution in [0, 0.1) is 0 Å². The maximum atomic E-state index is 6.38. The fraction of sp³-hybridized carbons (Fsp3) is 0.733. The largest absolute Gasteiger partial charge is 0.499 e. The third kappa shape index (κ3) is 2.84. The molecular weight excluding hydrogens is 300 g/mol. The molecule has 7 heteroatoms. The number of nitrogens with zero attached hydrogens (tertiary/aromatic N) is 3. The summed E-state index contributed by atoms with van der Waals surface area (Å²) in [4.78, 5) is 11.1. The molecule has 0 aliphatic carbocycles. The first-order valence-corrected chi connectivity index (χ1v) is 8.31. The summed E-state index contributed by atoms with van der Waals surface area (Å²) in [6.07, 6.45) is 5.37. The first kappa shape index (κ1) is 16.0. The number of rotatable bonds is 2.